The van der Waals surface area contributed by atoms with Gasteiger partial charge in [0.2, 0.25) is 0 Å². The first-order valence-corrected chi connectivity index (χ1v) is 14.4. The molecule has 0 aliphatic carbocycles. The fraction of sp³-hybridized carbons (Fsp3) is 0. The lowest BCUT2D eigenvalue weighted by atomic mass is 9.84. The van der Waals surface area contributed by atoms with Crippen molar-refractivity contribution in [3.8, 4) is 44.5 Å². The molecule has 0 fully saturated rings. The monoisotopic (exact) mass is 652 g/mol. The van der Waals surface area contributed by atoms with Gasteiger partial charge in [-0.2, -0.15) is 0 Å². The van der Waals surface area contributed by atoms with E-state index in [1.165, 1.54) is 0 Å². The molecule has 0 atom stereocenters. The molecule has 1 aromatic heterocycles. The summed E-state index contributed by atoms with van der Waals surface area (Å²) in [5.41, 5.74) is -7.73. The summed E-state index contributed by atoms with van der Waals surface area (Å²) in [4.78, 5) is 0. The van der Waals surface area contributed by atoms with Gasteiger partial charge in [-0.3, -0.25) is 0 Å². The average molecular weight is 653 g/mol. The highest BCUT2D eigenvalue weighted by molar-refractivity contribution is 6.25. The zero-order valence-corrected chi connectivity index (χ0v) is 24.4. The van der Waals surface area contributed by atoms with Gasteiger partial charge < -0.3 is 4.42 Å². The first-order valence-electron chi connectivity index (χ1n) is 29.4. The third-order valence-corrected chi connectivity index (χ3v) is 7.89. The molecule has 0 spiro atoms. The largest absolute Gasteiger partial charge is 0.456 e. The van der Waals surface area contributed by atoms with Crippen molar-refractivity contribution in [1.29, 1.82) is 0 Å². The molecule has 1 nitrogen and oxygen atoms in total. The van der Waals surface area contributed by atoms with E-state index in [1.54, 1.807) is 0 Å². The Labute approximate surface area is 326 Å². The van der Waals surface area contributed by atoms with E-state index in [0.717, 1.165) is 0 Å². The number of furan rings is 1. The molecule has 0 radical (unpaired) electrons. The Kier molecular flexibility index (Phi) is 2.50. The van der Waals surface area contributed by atoms with Gasteiger partial charge >= 0.3 is 0 Å². The van der Waals surface area contributed by atoms with Crippen molar-refractivity contribution >= 4 is 54.3 Å². The molecule has 10 aromatic rings. The van der Waals surface area contributed by atoms with Crippen LogP contribution in [0.1, 0.15) is 41.1 Å². The van der Waals surface area contributed by atoms with Gasteiger partial charge in [-0.05, 0) is 95.0 Å². The van der Waals surface area contributed by atoms with Crippen LogP contribution in [-0.2, 0) is 0 Å². The van der Waals surface area contributed by atoms with E-state index in [0.29, 0.717) is 0 Å². The van der Waals surface area contributed by atoms with E-state index in [9.17, 15) is 13.7 Å². The summed E-state index contributed by atoms with van der Waals surface area (Å²) in [7, 11) is 0. The Morgan fingerprint density at radius 1 is 0.327 bits per heavy atom. The smallest absolute Gasteiger partial charge is 0.136 e. The van der Waals surface area contributed by atoms with Crippen molar-refractivity contribution in [3.63, 3.8) is 0 Å². The highest BCUT2D eigenvalue weighted by Crippen LogP contribution is 2.47. The molecule has 1 heterocycles. The topological polar surface area (TPSA) is 13.1 Å². The first kappa shape index (κ1) is 11.1. The van der Waals surface area contributed by atoms with Crippen LogP contribution >= 0.6 is 0 Å². The standard InChI is InChI=1S/C48H30O/c1-2-12-31(13-3-1)35-28-29-44-43(30-35)48-42(22-11-23-45(48)49-44)47-40-19-8-6-17-38(40)46(39-18-7-9-20-41(39)47)34-26-24-33(25-27-34)37-21-10-15-32-14-4-5-16-36(32)37/h1-30H/i1D,2D,3D,4D,5D,6D,7D,8D,9D,10D,11D,12D,13D,14D,15D,16D,17D,18D,19D,20D,21D,22D,23D,24D,25D,26D,27D,28D,29D,30D. The molecular formula is C48H30O. The van der Waals surface area contributed by atoms with Crippen LogP contribution in [0.2, 0.25) is 0 Å². The Morgan fingerprint density at radius 3 is 1.61 bits per heavy atom. The predicted octanol–water partition coefficient (Wildman–Crippen LogP) is 13.7. The summed E-state index contributed by atoms with van der Waals surface area (Å²) in [6, 6.07) is -29.1. The third kappa shape index (κ3) is 4.40. The fourth-order valence-electron chi connectivity index (χ4n) is 5.83. The molecule has 0 unspecified atom stereocenters. The molecule has 0 saturated heterocycles. The minimum Gasteiger partial charge on any atom is -0.456 e. The molecule has 49 heavy (non-hydrogen) atoms. The molecule has 0 aliphatic rings. The lowest BCUT2D eigenvalue weighted by Crippen LogP contribution is -1.91. The average Bonchev–Trinajstić information content (AvgIpc) is 4.08. The number of hydrogen-bond acceptors (Lipinski definition) is 1. The van der Waals surface area contributed by atoms with E-state index in [4.69, 9.17) is 31.8 Å². The van der Waals surface area contributed by atoms with Gasteiger partial charge in [-0.15, -0.1) is 0 Å². The zero-order valence-electron chi connectivity index (χ0n) is 54.4. The van der Waals surface area contributed by atoms with Crippen LogP contribution in [0.25, 0.3) is 98.8 Å². The summed E-state index contributed by atoms with van der Waals surface area (Å²) in [5.74, 6) is 0. The maximum atomic E-state index is 9.63. The van der Waals surface area contributed by atoms with Gasteiger partial charge in [0, 0.05) is 10.8 Å². The van der Waals surface area contributed by atoms with Crippen molar-refractivity contribution in [3.05, 3.63) is 181 Å². The maximum Gasteiger partial charge on any atom is 0.136 e. The molecule has 1 heteroatoms. The van der Waals surface area contributed by atoms with Gasteiger partial charge in [0.15, 0.2) is 0 Å². The van der Waals surface area contributed by atoms with E-state index < -0.39 is 280 Å². The third-order valence-electron chi connectivity index (χ3n) is 7.89. The van der Waals surface area contributed by atoms with Crippen LogP contribution in [0, 0.1) is 0 Å². The Bertz CT molecular complexity index is 4450. The second kappa shape index (κ2) is 11.1. The molecule has 0 bridgehead atoms. The normalized spacial score (nSPS) is 20.2. The van der Waals surface area contributed by atoms with E-state index in [2.05, 4.69) is 0 Å². The predicted molar refractivity (Wildman–Crippen MR) is 208 cm³/mol. The van der Waals surface area contributed by atoms with Crippen LogP contribution in [0.3, 0.4) is 0 Å². The summed E-state index contributed by atoms with van der Waals surface area (Å²) < 4.78 is 276. The molecule has 9 aromatic carbocycles. The number of benzene rings is 9. The fourth-order valence-corrected chi connectivity index (χ4v) is 5.83. The molecule has 10 rings (SSSR count). The summed E-state index contributed by atoms with van der Waals surface area (Å²) in [5, 5.41) is -5.67. The van der Waals surface area contributed by atoms with Crippen molar-refractivity contribution in [2.75, 3.05) is 0 Å². The summed E-state index contributed by atoms with van der Waals surface area (Å²) in [6.45, 7) is 0. The molecule has 0 N–H and O–H groups in total. The number of fused-ring (bicyclic) bond motifs is 6. The van der Waals surface area contributed by atoms with Gasteiger partial charge in [0.25, 0.3) is 0 Å². The highest BCUT2D eigenvalue weighted by Gasteiger charge is 2.20. The highest BCUT2D eigenvalue weighted by atomic mass is 16.3. The summed E-state index contributed by atoms with van der Waals surface area (Å²) in [6.07, 6.45) is 0. The van der Waals surface area contributed by atoms with E-state index >= 15 is 0 Å². The first-order chi connectivity index (χ1) is 36.8. The lowest BCUT2D eigenvalue weighted by molar-refractivity contribution is 0.669. The second-order valence-electron chi connectivity index (χ2n) is 10.5. The molecule has 0 saturated carbocycles. The maximum absolute atomic E-state index is 9.63. The lowest BCUT2D eigenvalue weighted by Gasteiger charge is -2.18. The minimum atomic E-state index is -1.13. The SMILES string of the molecule is [2H]c1c([2H])c([2H])c(-c2c([2H])c([2H])c3oc4c([2H])c([2H])c([2H])c(-c5c6c([2H])c([2H])c([2H])c([2H])c6c(-c6c([2H])c([2H])c(-c7c([2H])c([2H])c([2H])c8c([2H])c([2H])c([2H])c([2H])c78)c([2H])c6[2H])c6c([2H])c([2H])c([2H])c([2H])c56)c4c3c2[2H])c([2H])c1[2H]. The van der Waals surface area contributed by atoms with Crippen LogP contribution in [-0.4, -0.2) is 0 Å². The molecule has 228 valence electrons. The second-order valence-corrected chi connectivity index (χ2v) is 10.5. The van der Waals surface area contributed by atoms with Gasteiger partial charge in [0.05, 0.1) is 41.1 Å². The van der Waals surface area contributed by atoms with Crippen LogP contribution in [0.5, 0.6) is 0 Å². The Balaban J connectivity index is 1.48. The Morgan fingerprint density at radius 2 is 0.878 bits per heavy atom. The molecule has 0 amide bonds. The number of rotatable bonds is 4. The van der Waals surface area contributed by atoms with Crippen molar-refractivity contribution < 1.29 is 45.5 Å². The van der Waals surface area contributed by atoms with Gasteiger partial charge in [0.1, 0.15) is 11.2 Å². The van der Waals surface area contributed by atoms with E-state index in [-0.39, 0.29) is 0 Å². The number of hydrogen-bond donors (Lipinski definition) is 0. The van der Waals surface area contributed by atoms with Gasteiger partial charge in [-0.25, -0.2) is 0 Å². The van der Waals surface area contributed by atoms with Crippen LogP contribution in [0.4, 0.5) is 0 Å². The van der Waals surface area contributed by atoms with Crippen molar-refractivity contribution in [1.82, 2.24) is 0 Å². The summed E-state index contributed by atoms with van der Waals surface area (Å²) >= 11 is 0. The molecular weight excluding hydrogens is 593 g/mol. The van der Waals surface area contributed by atoms with Crippen molar-refractivity contribution in [2.45, 2.75) is 0 Å². The van der Waals surface area contributed by atoms with Crippen molar-refractivity contribution in [2.24, 2.45) is 0 Å². The Hall–Kier alpha value is -6.44. The van der Waals surface area contributed by atoms with E-state index in [1.807, 2.05) is 0 Å². The quantitative estimate of drug-likeness (QED) is 0.172. The van der Waals surface area contributed by atoms with Crippen LogP contribution < -0.4 is 0 Å². The van der Waals surface area contributed by atoms with Gasteiger partial charge in [-0.1, -0.05) is 163 Å². The van der Waals surface area contributed by atoms with Crippen LogP contribution in [0.15, 0.2) is 186 Å². The minimum absolute atomic E-state index is 0.605. The molecule has 0 aliphatic heterocycles. The zero-order chi connectivity index (χ0) is 58.4.